The second-order valence-electron chi connectivity index (χ2n) is 6.01. The van der Waals surface area contributed by atoms with Gasteiger partial charge in [-0.1, -0.05) is 0 Å². The van der Waals surface area contributed by atoms with E-state index >= 15 is 0 Å². The number of carbonyl (C=O) groups excluding carboxylic acids is 1. The van der Waals surface area contributed by atoms with Crippen molar-refractivity contribution in [3.8, 4) is 0 Å². The lowest BCUT2D eigenvalue weighted by Gasteiger charge is -2.22. The molecule has 0 radical (unpaired) electrons. The molecule has 1 N–H and O–H groups in total. The van der Waals surface area contributed by atoms with Crippen LogP contribution in [-0.4, -0.2) is 50.8 Å². The van der Waals surface area contributed by atoms with Crippen LogP contribution in [0.3, 0.4) is 0 Å². The van der Waals surface area contributed by atoms with Crippen molar-refractivity contribution in [2.24, 2.45) is 11.8 Å². The Labute approximate surface area is 142 Å². The largest absolute Gasteiger partial charge is 0.481 e. The maximum absolute atomic E-state index is 13.1. The molecule has 10 heteroatoms. The highest BCUT2D eigenvalue weighted by atomic mass is 32.2. The Kier molecular flexibility index (Phi) is 4.86. The van der Waals surface area contributed by atoms with Gasteiger partial charge in [0.05, 0.1) is 22.4 Å². The van der Waals surface area contributed by atoms with Gasteiger partial charge in [0.15, 0.2) is 15.6 Å². The van der Waals surface area contributed by atoms with E-state index in [0.29, 0.717) is 0 Å². The summed E-state index contributed by atoms with van der Waals surface area (Å²) in [5.41, 5.74) is 0.0398. The summed E-state index contributed by atoms with van der Waals surface area (Å²) < 4.78 is 63.3. The Hall–Kier alpha value is -2.10. The Morgan fingerprint density at radius 1 is 1.24 bits per heavy atom. The zero-order valence-electron chi connectivity index (χ0n) is 13.4. The number of hydrogen-bond acceptors (Lipinski definition) is 5. The number of Topliss-reactive ketones (excluding diaryl/α,β-unsaturated/α-hetero) is 1. The number of halogens is 3. The number of ketones is 1. The lowest BCUT2D eigenvalue weighted by atomic mass is 9.96. The standard InChI is InChI=1S/C15H16F3NO5S/c1-8(20)9-3-4-13(25(2,23)24)12(5-9)19-6-10(14(21)22)11(7-19)15(16,17)18/h3-5,10-11H,6-7H2,1-2H3,(H,21,22)/t10-,11-/m1/s1. The van der Waals surface area contributed by atoms with E-state index in [2.05, 4.69) is 0 Å². The first-order chi connectivity index (χ1) is 11.3. The molecular formula is C15H16F3NO5S. The number of carboxylic acid groups (broad SMARTS) is 1. The molecule has 0 bridgehead atoms. The summed E-state index contributed by atoms with van der Waals surface area (Å²) in [5.74, 6) is -5.83. The van der Waals surface area contributed by atoms with Crippen molar-refractivity contribution in [3.63, 3.8) is 0 Å². The van der Waals surface area contributed by atoms with Crippen molar-refractivity contribution in [1.82, 2.24) is 0 Å². The van der Waals surface area contributed by atoms with Gasteiger partial charge in [-0.15, -0.1) is 0 Å². The number of aliphatic carboxylic acids is 1. The maximum Gasteiger partial charge on any atom is 0.394 e. The van der Waals surface area contributed by atoms with Crippen molar-refractivity contribution >= 4 is 27.3 Å². The SMILES string of the molecule is CC(=O)c1ccc(S(C)(=O)=O)c(N2C[C@@H](C(F)(F)F)[C@H](C(=O)O)C2)c1. The van der Waals surface area contributed by atoms with E-state index in [9.17, 15) is 31.2 Å². The van der Waals surface area contributed by atoms with Gasteiger partial charge in [-0.25, -0.2) is 8.42 Å². The van der Waals surface area contributed by atoms with E-state index in [1.807, 2.05) is 0 Å². The number of carbonyl (C=O) groups is 2. The second-order valence-corrected chi connectivity index (χ2v) is 7.99. The molecule has 0 aromatic heterocycles. The fourth-order valence-electron chi connectivity index (χ4n) is 2.88. The number of alkyl halides is 3. The number of benzene rings is 1. The van der Waals surface area contributed by atoms with Crippen molar-refractivity contribution < 1.29 is 36.3 Å². The molecule has 0 unspecified atom stereocenters. The highest BCUT2D eigenvalue weighted by Gasteiger charge is 2.53. The number of sulfone groups is 1. The Morgan fingerprint density at radius 2 is 1.84 bits per heavy atom. The van der Waals surface area contributed by atoms with Crippen molar-refractivity contribution in [2.75, 3.05) is 24.2 Å². The minimum atomic E-state index is -4.73. The van der Waals surface area contributed by atoms with Crippen molar-refractivity contribution in [3.05, 3.63) is 23.8 Å². The molecule has 1 aliphatic heterocycles. The van der Waals surface area contributed by atoms with Gasteiger partial charge in [-0.3, -0.25) is 9.59 Å². The normalized spacial score (nSPS) is 21.4. The fourth-order valence-corrected chi connectivity index (χ4v) is 3.76. The first-order valence-corrected chi connectivity index (χ1v) is 9.11. The molecule has 0 saturated carbocycles. The Bertz CT molecular complexity index is 819. The van der Waals surface area contributed by atoms with Crippen LogP contribution in [0.25, 0.3) is 0 Å². The van der Waals surface area contributed by atoms with E-state index in [-0.39, 0.29) is 21.9 Å². The highest BCUT2D eigenvalue weighted by Crippen LogP contribution is 2.41. The smallest absolute Gasteiger partial charge is 0.394 e. The van der Waals surface area contributed by atoms with E-state index in [0.717, 1.165) is 17.2 Å². The molecule has 0 amide bonds. The third-order valence-electron chi connectivity index (χ3n) is 4.16. The van der Waals surface area contributed by atoms with Gasteiger partial charge in [-0.2, -0.15) is 13.2 Å². The van der Waals surface area contributed by atoms with Crippen LogP contribution in [0.1, 0.15) is 17.3 Å². The van der Waals surface area contributed by atoms with Crippen molar-refractivity contribution in [1.29, 1.82) is 0 Å². The van der Waals surface area contributed by atoms with Crippen LogP contribution >= 0.6 is 0 Å². The summed E-state index contributed by atoms with van der Waals surface area (Å²) in [5, 5.41) is 9.08. The van der Waals surface area contributed by atoms with Crippen molar-refractivity contribution in [2.45, 2.75) is 18.0 Å². The molecule has 0 aliphatic carbocycles. The zero-order valence-corrected chi connectivity index (χ0v) is 14.2. The van der Waals surface area contributed by atoms with Crippen LogP contribution in [0, 0.1) is 11.8 Å². The second kappa shape index (κ2) is 6.32. The summed E-state index contributed by atoms with van der Waals surface area (Å²) >= 11 is 0. The number of anilines is 1. The summed E-state index contributed by atoms with van der Waals surface area (Å²) in [7, 11) is -3.79. The first kappa shape index (κ1) is 19.2. The lowest BCUT2D eigenvalue weighted by Crippen LogP contribution is -2.33. The van der Waals surface area contributed by atoms with E-state index < -0.39 is 46.9 Å². The van der Waals surface area contributed by atoms with Crippen LogP contribution in [0.4, 0.5) is 18.9 Å². The van der Waals surface area contributed by atoms with Gasteiger partial charge >= 0.3 is 12.1 Å². The third kappa shape index (κ3) is 3.94. The molecule has 1 heterocycles. The maximum atomic E-state index is 13.1. The van der Waals surface area contributed by atoms with E-state index in [1.165, 1.54) is 19.1 Å². The van der Waals surface area contributed by atoms with E-state index in [4.69, 9.17) is 5.11 Å². The quantitative estimate of drug-likeness (QED) is 0.805. The van der Waals surface area contributed by atoms with Gasteiger partial charge in [0, 0.05) is 24.9 Å². The van der Waals surface area contributed by atoms with E-state index in [1.54, 1.807) is 0 Å². The van der Waals surface area contributed by atoms with Crippen LogP contribution < -0.4 is 4.90 Å². The molecule has 1 saturated heterocycles. The monoisotopic (exact) mass is 379 g/mol. The Balaban J connectivity index is 2.55. The third-order valence-corrected chi connectivity index (χ3v) is 5.31. The fraction of sp³-hybridized carbons (Fsp3) is 0.467. The molecular weight excluding hydrogens is 363 g/mol. The van der Waals surface area contributed by atoms with Gasteiger partial charge < -0.3 is 10.0 Å². The molecule has 1 aromatic rings. The number of nitrogens with zero attached hydrogens (tertiary/aromatic N) is 1. The van der Waals surface area contributed by atoms with Crippen LogP contribution in [-0.2, 0) is 14.6 Å². The number of carboxylic acids is 1. The average molecular weight is 379 g/mol. The lowest BCUT2D eigenvalue weighted by molar-refractivity contribution is -0.187. The summed E-state index contributed by atoms with van der Waals surface area (Å²) in [4.78, 5) is 23.5. The minimum absolute atomic E-state index is 0.0896. The minimum Gasteiger partial charge on any atom is -0.481 e. The molecule has 0 spiro atoms. The number of hydrogen-bond donors (Lipinski definition) is 1. The molecule has 25 heavy (non-hydrogen) atoms. The molecule has 138 valence electrons. The molecule has 2 rings (SSSR count). The predicted octanol–water partition coefficient (Wildman–Crippen LogP) is 1.99. The topological polar surface area (TPSA) is 91.8 Å². The zero-order chi connectivity index (χ0) is 19.2. The molecule has 2 atom stereocenters. The predicted molar refractivity (Wildman–Crippen MR) is 82.4 cm³/mol. The van der Waals surface area contributed by atoms with Crippen LogP contribution in [0.5, 0.6) is 0 Å². The summed E-state index contributed by atoms with van der Waals surface area (Å²) in [6, 6.07) is 3.61. The van der Waals surface area contributed by atoms with Gasteiger partial charge in [0.1, 0.15) is 0 Å². The summed E-state index contributed by atoms with van der Waals surface area (Å²) in [6.07, 6.45) is -3.84. The average Bonchev–Trinajstić information content (AvgIpc) is 2.91. The molecule has 1 fully saturated rings. The number of rotatable bonds is 4. The van der Waals surface area contributed by atoms with Gasteiger partial charge in [-0.05, 0) is 25.1 Å². The summed E-state index contributed by atoms with van der Waals surface area (Å²) in [6.45, 7) is 0.0511. The van der Waals surface area contributed by atoms with Gasteiger partial charge in [0.2, 0.25) is 0 Å². The molecule has 1 aromatic carbocycles. The first-order valence-electron chi connectivity index (χ1n) is 7.22. The molecule has 6 nitrogen and oxygen atoms in total. The highest BCUT2D eigenvalue weighted by molar-refractivity contribution is 7.90. The Morgan fingerprint density at radius 3 is 2.24 bits per heavy atom. The molecule has 1 aliphatic rings. The van der Waals surface area contributed by atoms with Gasteiger partial charge in [0.25, 0.3) is 0 Å². The van der Waals surface area contributed by atoms with Crippen LogP contribution in [0.2, 0.25) is 0 Å². The van der Waals surface area contributed by atoms with Crippen LogP contribution in [0.15, 0.2) is 23.1 Å².